The molecule has 0 aliphatic carbocycles. The van der Waals surface area contributed by atoms with Crippen molar-refractivity contribution >= 4 is 17.5 Å². The zero-order valence-electron chi connectivity index (χ0n) is 14.7. The van der Waals surface area contributed by atoms with E-state index in [0.717, 1.165) is 6.42 Å². The molecule has 1 aromatic carbocycles. The molecule has 0 atom stereocenters. The van der Waals surface area contributed by atoms with E-state index in [-0.39, 0.29) is 37.2 Å². The van der Waals surface area contributed by atoms with Crippen LogP contribution < -0.4 is 27.7 Å². The van der Waals surface area contributed by atoms with Crippen LogP contribution in [0, 0.1) is 0 Å². The number of carbonyl (C=O) groups is 2. The summed E-state index contributed by atoms with van der Waals surface area (Å²) in [6.07, 6.45) is 4.55. The monoisotopic (exact) mass is 374 g/mol. The Hall–Kier alpha value is -2.73. The maximum Gasteiger partial charge on any atom is 0.305 e. The molecule has 138 valence electrons. The summed E-state index contributed by atoms with van der Waals surface area (Å²) >= 11 is 0. The molecule has 0 aliphatic rings. The third-order valence-electron chi connectivity index (χ3n) is 3.47. The van der Waals surface area contributed by atoms with Crippen LogP contribution in [0.1, 0.15) is 18.9 Å². The lowest BCUT2D eigenvalue weighted by Gasteiger charge is -2.05. The van der Waals surface area contributed by atoms with Gasteiger partial charge in [0.05, 0.1) is 6.42 Å². The Labute approximate surface area is 159 Å². The number of hydrogen-bond donors (Lipinski definition) is 2. The molecule has 0 saturated heterocycles. The highest BCUT2D eigenvalue weighted by molar-refractivity contribution is 6.00. The van der Waals surface area contributed by atoms with E-state index in [2.05, 4.69) is 15.8 Å². The van der Waals surface area contributed by atoms with Gasteiger partial charge < -0.3 is 17.7 Å². The first-order chi connectivity index (χ1) is 12.1. The summed E-state index contributed by atoms with van der Waals surface area (Å²) < 4.78 is 1.75. The number of benzene rings is 1. The second kappa shape index (κ2) is 11.8. The van der Waals surface area contributed by atoms with E-state index < -0.39 is 0 Å². The zero-order chi connectivity index (χ0) is 17.9. The maximum absolute atomic E-state index is 11.9. The number of nitrogens with one attached hydrogen (secondary N) is 2. The first-order valence-corrected chi connectivity index (χ1v) is 8.20. The van der Waals surface area contributed by atoms with Crippen LogP contribution in [0.25, 0.3) is 0 Å². The summed E-state index contributed by atoms with van der Waals surface area (Å²) in [5.74, 6) is -0.344. The summed E-state index contributed by atoms with van der Waals surface area (Å²) in [5, 5.41) is 6.82. The molecule has 2 N–H and O–H groups in total. The summed E-state index contributed by atoms with van der Waals surface area (Å²) in [7, 11) is 0. The molecular weight excluding hydrogens is 352 g/mol. The molecule has 0 fully saturated rings. The molecule has 0 bridgehead atoms. The largest absolute Gasteiger partial charge is 1.00 e. The SMILES string of the molecule is C/C(CC(=O)NCCc1ccccc1)=N\NC(=O)C[n+]1ccccc1.[Cl-]. The minimum atomic E-state index is -0.236. The summed E-state index contributed by atoms with van der Waals surface area (Å²) in [4.78, 5) is 23.7. The van der Waals surface area contributed by atoms with Gasteiger partial charge in [0.25, 0.3) is 0 Å². The maximum atomic E-state index is 11.9. The van der Waals surface area contributed by atoms with E-state index in [0.29, 0.717) is 12.3 Å². The predicted molar refractivity (Wildman–Crippen MR) is 95.7 cm³/mol. The van der Waals surface area contributed by atoms with Gasteiger partial charge in [-0.3, -0.25) is 9.59 Å². The molecule has 2 rings (SSSR count). The number of halogens is 1. The van der Waals surface area contributed by atoms with Crippen LogP contribution in [0.4, 0.5) is 0 Å². The fraction of sp³-hybridized carbons (Fsp3) is 0.263. The van der Waals surface area contributed by atoms with Crippen molar-refractivity contribution in [3.05, 3.63) is 66.5 Å². The Bertz CT molecular complexity index is 721. The molecule has 6 nitrogen and oxygen atoms in total. The predicted octanol–water partition coefficient (Wildman–Crippen LogP) is -1.78. The highest BCUT2D eigenvalue weighted by atomic mass is 35.5. The van der Waals surface area contributed by atoms with Gasteiger partial charge >= 0.3 is 5.91 Å². The average Bonchev–Trinajstić information content (AvgIpc) is 2.62. The summed E-state index contributed by atoms with van der Waals surface area (Å²) in [6, 6.07) is 15.6. The topological polar surface area (TPSA) is 74.4 Å². The summed E-state index contributed by atoms with van der Waals surface area (Å²) in [6.45, 7) is 2.47. The van der Waals surface area contributed by atoms with Crippen LogP contribution >= 0.6 is 0 Å². The van der Waals surface area contributed by atoms with E-state index in [9.17, 15) is 9.59 Å². The summed E-state index contributed by atoms with van der Waals surface area (Å²) in [5.41, 5.74) is 4.20. The molecular formula is C19H23ClN4O2. The van der Waals surface area contributed by atoms with E-state index >= 15 is 0 Å². The van der Waals surface area contributed by atoms with Gasteiger partial charge in [-0.15, -0.1) is 0 Å². The fourth-order valence-electron chi connectivity index (χ4n) is 2.22. The van der Waals surface area contributed by atoms with Crippen molar-refractivity contribution in [1.29, 1.82) is 0 Å². The molecule has 0 unspecified atom stereocenters. The van der Waals surface area contributed by atoms with Gasteiger partial charge in [-0.1, -0.05) is 36.4 Å². The Balaban J connectivity index is 0.00000338. The molecule has 0 aliphatic heterocycles. The number of nitrogens with zero attached hydrogens (tertiary/aromatic N) is 2. The normalized spacial score (nSPS) is 10.6. The second-order valence-corrected chi connectivity index (χ2v) is 5.69. The number of aromatic nitrogens is 1. The number of rotatable bonds is 8. The Kier molecular flexibility index (Phi) is 9.64. The van der Waals surface area contributed by atoms with Crippen LogP contribution in [0.15, 0.2) is 66.0 Å². The minimum absolute atomic E-state index is 0. The van der Waals surface area contributed by atoms with E-state index in [4.69, 9.17) is 0 Å². The fourth-order valence-corrected chi connectivity index (χ4v) is 2.22. The second-order valence-electron chi connectivity index (χ2n) is 5.69. The molecule has 2 amide bonds. The van der Waals surface area contributed by atoms with Gasteiger partial charge in [0, 0.05) is 24.4 Å². The Morgan fingerprint density at radius 2 is 1.65 bits per heavy atom. The number of hydrogen-bond acceptors (Lipinski definition) is 3. The van der Waals surface area contributed by atoms with Crippen molar-refractivity contribution < 1.29 is 26.6 Å². The molecule has 0 spiro atoms. The van der Waals surface area contributed by atoms with Gasteiger partial charge in [-0.2, -0.15) is 9.67 Å². The Morgan fingerprint density at radius 3 is 2.35 bits per heavy atom. The zero-order valence-corrected chi connectivity index (χ0v) is 15.4. The average molecular weight is 375 g/mol. The van der Waals surface area contributed by atoms with Crippen LogP contribution in [-0.2, 0) is 22.6 Å². The minimum Gasteiger partial charge on any atom is -1.00 e. The standard InChI is InChI=1S/C19H22N4O2.ClH/c1-16(21-22-19(25)15-23-12-6-3-7-13-23)14-18(24)20-11-10-17-8-4-2-5-9-17;/h2-9,12-13H,10-11,14-15H2,1H3,(H-,20,22,24,25);1H/b21-16+;. The molecule has 26 heavy (non-hydrogen) atoms. The third-order valence-corrected chi connectivity index (χ3v) is 3.47. The van der Waals surface area contributed by atoms with Gasteiger partial charge in [0.2, 0.25) is 12.5 Å². The quantitative estimate of drug-likeness (QED) is 0.326. The van der Waals surface area contributed by atoms with Crippen molar-refractivity contribution in [2.24, 2.45) is 5.10 Å². The van der Waals surface area contributed by atoms with Crippen molar-refractivity contribution in [2.45, 2.75) is 26.3 Å². The van der Waals surface area contributed by atoms with Crippen molar-refractivity contribution in [1.82, 2.24) is 10.7 Å². The highest BCUT2D eigenvalue weighted by Crippen LogP contribution is 1.98. The number of amides is 2. The first-order valence-electron chi connectivity index (χ1n) is 8.20. The molecule has 1 heterocycles. The first kappa shape index (κ1) is 21.3. The van der Waals surface area contributed by atoms with Crippen molar-refractivity contribution in [3.63, 3.8) is 0 Å². The molecule has 0 radical (unpaired) electrons. The van der Waals surface area contributed by atoms with Crippen LogP contribution in [0.3, 0.4) is 0 Å². The Morgan fingerprint density at radius 1 is 1.00 bits per heavy atom. The van der Waals surface area contributed by atoms with Gasteiger partial charge in [-0.25, -0.2) is 5.43 Å². The van der Waals surface area contributed by atoms with Crippen molar-refractivity contribution in [3.8, 4) is 0 Å². The third kappa shape index (κ3) is 8.39. The van der Waals surface area contributed by atoms with Gasteiger partial charge in [-0.05, 0) is 18.9 Å². The molecule has 0 saturated carbocycles. The lowest BCUT2D eigenvalue weighted by Crippen LogP contribution is -3.00. The van der Waals surface area contributed by atoms with Crippen LogP contribution in [0.5, 0.6) is 0 Å². The van der Waals surface area contributed by atoms with Gasteiger partial charge in [0.15, 0.2) is 12.4 Å². The number of hydrazone groups is 1. The highest BCUT2D eigenvalue weighted by Gasteiger charge is 2.08. The van der Waals surface area contributed by atoms with Crippen LogP contribution in [-0.4, -0.2) is 24.1 Å². The van der Waals surface area contributed by atoms with Crippen LogP contribution in [0.2, 0.25) is 0 Å². The number of carbonyl (C=O) groups excluding carboxylic acids is 2. The van der Waals surface area contributed by atoms with E-state index in [1.807, 2.05) is 48.5 Å². The van der Waals surface area contributed by atoms with E-state index in [1.165, 1.54) is 5.56 Å². The lowest BCUT2D eigenvalue weighted by atomic mass is 10.1. The van der Waals surface area contributed by atoms with Crippen molar-refractivity contribution in [2.75, 3.05) is 6.54 Å². The molecule has 2 aromatic rings. The number of pyridine rings is 1. The molecule has 7 heteroatoms. The molecule has 1 aromatic heterocycles. The lowest BCUT2D eigenvalue weighted by molar-refractivity contribution is -0.684. The smallest absolute Gasteiger partial charge is 0.305 e. The van der Waals surface area contributed by atoms with Gasteiger partial charge in [0.1, 0.15) is 0 Å². The van der Waals surface area contributed by atoms with E-state index in [1.54, 1.807) is 23.9 Å².